The lowest BCUT2D eigenvalue weighted by molar-refractivity contribution is -0.117. The molecule has 10 heteroatoms. The number of carbonyl (C=O) groups is 3. The van der Waals surface area contributed by atoms with E-state index in [1.807, 2.05) is 24.0 Å². The predicted octanol–water partition coefficient (Wildman–Crippen LogP) is 3.49. The van der Waals surface area contributed by atoms with Crippen LogP contribution in [0.2, 0.25) is 0 Å². The Bertz CT molecular complexity index is 1060. The molecule has 2 aliphatic heterocycles. The van der Waals surface area contributed by atoms with Gasteiger partial charge in [-0.3, -0.25) is 9.59 Å². The normalized spacial score (nSPS) is 19.5. The summed E-state index contributed by atoms with van der Waals surface area (Å²) >= 11 is 4.64. The van der Waals surface area contributed by atoms with Gasteiger partial charge in [0.05, 0.1) is 9.83 Å². The lowest BCUT2D eigenvalue weighted by atomic mass is 10.1. The molecule has 3 heterocycles. The van der Waals surface area contributed by atoms with Crippen molar-refractivity contribution in [3.05, 3.63) is 45.2 Å². The summed E-state index contributed by atoms with van der Waals surface area (Å²) in [4.78, 5) is 43.7. The van der Waals surface area contributed by atoms with Gasteiger partial charge in [0.1, 0.15) is 0 Å². The fourth-order valence-electron chi connectivity index (χ4n) is 4.17. The number of thiophene rings is 1. The number of nitrogens with one attached hydrogen (secondary N) is 1. The Balaban J connectivity index is 1.38. The van der Waals surface area contributed by atoms with E-state index in [2.05, 4.69) is 33.2 Å². The van der Waals surface area contributed by atoms with Gasteiger partial charge >= 0.3 is 6.09 Å². The molecule has 1 N–H and O–H groups in total. The smallest absolute Gasteiger partial charge is 0.399 e. The van der Waals surface area contributed by atoms with Gasteiger partial charge in [-0.1, -0.05) is 11.3 Å². The first-order valence-corrected chi connectivity index (χ1v) is 12.5. The van der Waals surface area contributed by atoms with Gasteiger partial charge < -0.3 is 24.8 Å². The Morgan fingerprint density at radius 3 is 2.70 bits per heavy atom. The molecule has 2 saturated heterocycles. The van der Waals surface area contributed by atoms with Crippen molar-refractivity contribution in [3.8, 4) is 5.06 Å². The number of hydrogen-bond acceptors (Lipinski definition) is 6. The fraction of sp³-hybridized carbons (Fsp3) is 0.435. The number of aryl methyl sites for hydroxylation is 1. The highest BCUT2D eigenvalue weighted by atomic mass is 79.9. The van der Waals surface area contributed by atoms with Gasteiger partial charge in [0.25, 0.3) is 5.91 Å². The molecule has 3 amide bonds. The minimum atomic E-state index is -0.579. The van der Waals surface area contributed by atoms with Gasteiger partial charge in [0.15, 0.2) is 5.06 Å². The van der Waals surface area contributed by atoms with Crippen LogP contribution < -0.4 is 15.0 Å². The van der Waals surface area contributed by atoms with Crippen molar-refractivity contribution < 1.29 is 19.1 Å². The zero-order chi connectivity index (χ0) is 23.5. The molecule has 8 nitrogen and oxygen atoms in total. The number of halogens is 1. The maximum absolute atomic E-state index is 13.1. The van der Waals surface area contributed by atoms with Gasteiger partial charge in [-0.15, -0.1) is 0 Å². The molecule has 176 valence electrons. The van der Waals surface area contributed by atoms with E-state index < -0.39 is 6.09 Å². The van der Waals surface area contributed by atoms with E-state index in [0.717, 1.165) is 41.1 Å². The average molecular weight is 535 g/mol. The number of hydrogen-bond donors (Lipinski definition) is 1. The zero-order valence-electron chi connectivity index (χ0n) is 18.7. The molecule has 1 aromatic carbocycles. The third-order valence-electron chi connectivity index (χ3n) is 5.95. The standard InChI is InChI=1S/C23H27BrN4O4S/c1-15-12-17(4-5-18(15)22(30)27-9-3-8-26(2)10-11-27)28-14-16(13-20(28)29)25-23(31)32-21-7-6-19(24)33-21/h4-7,12,16H,3,8-11,13-14H2,1-2H3,(H,25,31). The highest BCUT2D eigenvalue weighted by molar-refractivity contribution is 9.11. The first-order valence-electron chi connectivity index (χ1n) is 10.9. The molecule has 0 saturated carbocycles. The quantitative estimate of drug-likeness (QED) is 0.649. The number of likely N-dealkylation sites (N-methyl/N-ethyl adjacent to an activating group) is 1. The monoisotopic (exact) mass is 534 g/mol. The van der Waals surface area contributed by atoms with E-state index in [1.165, 1.54) is 11.3 Å². The molecular formula is C23H27BrN4O4S. The number of anilines is 1. The summed E-state index contributed by atoms with van der Waals surface area (Å²) < 4.78 is 6.14. The number of nitrogens with zero attached hydrogens (tertiary/aromatic N) is 3. The van der Waals surface area contributed by atoms with Crippen LogP contribution in [0.1, 0.15) is 28.8 Å². The molecule has 0 bridgehead atoms. The zero-order valence-corrected chi connectivity index (χ0v) is 21.1. The van der Waals surface area contributed by atoms with Gasteiger partial charge in [-0.05, 0) is 78.8 Å². The number of carbonyl (C=O) groups excluding carboxylic acids is 3. The van der Waals surface area contributed by atoms with E-state index in [0.29, 0.717) is 23.7 Å². The minimum absolute atomic E-state index is 0.0320. The van der Waals surface area contributed by atoms with Crippen LogP contribution in [0.4, 0.5) is 10.5 Å². The molecule has 4 rings (SSSR count). The first kappa shape index (κ1) is 23.7. The fourth-order valence-corrected chi connectivity index (χ4v) is 5.36. The molecule has 2 aliphatic rings. The van der Waals surface area contributed by atoms with Crippen molar-refractivity contribution in [1.29, 1.82) is 0 Å². The highest BCUT2D eigenvalue weighted by Crippen LogP contribution is 2.29. The Hall–Kier alpha value is -2.43. The van der Waals surface area contributed by atoms with E-state index >= 15 is 0 Å². The molecule has 0 radical (unpaired) electrons. The Kier molecular flexibility index (Phi) is 7.35. The molecular weight excluding hydrogens is 508 g/mol. The van der Waals surface area contributed by atoms with Gasteiger partial charge in [-0.25, -0.2) is 4.79 Å². The maximum Gasteiger partial charge on any atom is 0.413 e. The summed E-state index contributed by atoms with van der Waals surface area (Å²) in [5, 5.41) is 3.25. The molecule has 0 aliphatic carbocycles. The van der Waals surface area contributed by atoms with Crippen LogP contribution in [-0.4, -0.2) is 73.5 Å². The van der Waals surface area contributed by atoms with Crippen LogP contribution in [-0.2, 0) is 4.79 Å². The van der Waals surface area contributed by atoms with Gasteiger partial charge in [0, 0.05) is 43.9 Å². The molecule has 1 atom stereocenters. The third kappa shape index (κ3) is 5.74. The van der Waals surface area contributed by atoms with Crippen molar-refractivity contribution in [2.75, 3.05) is 44.7 Å². The number of benzene rings is 1. The molecule has 2 aromatic rings. The molecule has 1 unspecified atom stereocenters. The largest absolute Gasteiger partial charge is 0.413 e. The molecule has 33 heavy (non-hydrogen) atoms. The lowest BCUT2D eigenvalue weighted by Crippen LogP contribution is -2.38. The molecule has 1 aromatic heterocycles. The Morgan fingerprint density at radius 2 is 1.97 bits per heavy atom. The SMILES string of the molecule is Cc1cc(N2CC(NC(=O)Oc3ccc(Br)s3)CC2=O)ccc1C(=O)N1CCCN(C)CC1. The van der Waals surface area contributed by atoms with Crippen LogP contribution in [0.25, 0.3) is 0 Å². The summed E-state index contributed by atoms with van der Waals surface area (Å²) in [6, 6.07) is 8.65. The number of ether oxygens (including phenoxy) is 1. The lowest BCUT2D eigenvalue weighted by Gasteiger charge is -2.23. The molecule has 0 spiro atoms. The Labute approximate surface area is 205 Å². The van der Waals surface area contributed by atoms with Crippen LogP contribution in [0.3, 0.4) is 0 Å². The second-order valence-electron chi connectivity index (χ2n) is 8.45. The summed E-state index contributed by atoms with van der Waals surface area (Å²) in [6.45, 7) is 5.58. The predicted molar refractivity (Wildman–Crippen MR) is 131 cm³/mol. The second-order valence-corrected chi connectivity index (χ2v) is 10.9. The van der Waals surface area contributed by atoms with Crippen LogP contribution in [0.5, 0.6) is 5.06 Å². The molecule has 2 fully saturated rings. The van der Waals surface area contributed by atoms with E-state index in [9.17, 15) is 14.4 Å². The summed E-state index contributed by atoms with van der Waals surface area (Å²) in [6.07, 6.45) is 0.580. The van der Waals surface area contributed by atoms with Crippen LogP contribution in [0.15, 0.2) is 34.1 Å². The highest BCUT2D eigenvalue weighted by Gasteiger charge is 2.32. The van der Waals surface area contributed by atoms with Crippen LogP contribution >= 0.6 is 27.3 Å². The van der Waals surface area contributed by atoms with E-state index in [-0.39, 0.29) is 24.3 Å². The average Bonchev–Trinajstić information content (AvgIpc) is 3.26. The summed E-state index contributed by atoms with van der Waals surface area (Å²) in [5.41, 5.74) is 2.22. The van der Waals surface area contributed by atoms with Gasteiger partial charge in [-0.2, -0.15) is 0 Å². The summed E-state index contributed by atoms with van der Waals surface area (Å²) in [5.74, 6) is -0.0437. The van der Waals surface area contributed by atoms with Crippen LogP contribution in [0, 0.1) is 6.92 Å². The topological polar surface area (TPSA) is 82.2 Å². The summed E-state index contributed by atoms with van der Waals surface area (Å²) in [7, 11) is 2.07. The minimum Gasteiger partial charge on any atom is -0.399 e. The van der Waals surface area contributed by atoms with Crippen molar-refractivity contribution in [3.63, 3.8) is 0 Å². The Morgan fingerprint density at radius 1 is 1.15 bits per heavy atom. The number of rotatable bonds is 4. The van der Waals surface area contributed by atoms with Crippen molar-refractivity contribution in [2.45, 2.75) is 25.8 Å². The third-order valence-corrected chi connectivity index (χ3v) is 7.45. The van der Waals surface area contributed by atoms with E-state index in [4.69, 9.17) is 4.74 Å². The first-order chi connectivity index (χ1) is 15.8. The van der Waals surface area contributed by atoms with Crippen molar-refractivity contribution >= 4 is 50.9 Å². The van der Waals surface area contributed by atoms with Crippen molar-refractivity contribution in [2.24, 2.45) is 0 Å². The number of amides is 3. The maximum atomic E-state index is 13.1. The van der Waals surface area contributed by atoms with E-state index in [1.54, 1.807) is 23.1 Å². The van der Waals surface area contributed by atoms with Crippen molar-refractivity contribution in [1.82, 2.24) is 15.1 Å². The second kappa shape index (κ2) is 10.2. The van der Waals surface area contributed by atoms with Gasteiger partial charge in [0.2, 0.25) is 5.91 Å².